The van der Waals surface area contributed by atoms with E-state index >= 15 is 0 Å². The van der Waals surface area contributed by atoms with Crippen LogP contribution in [0.25, 0.3) is 0 Å². The Hall–Kier alpha value is -0.0400. The Morgan fingerprint density at radius 2 is 1.80 bits per heavy atom. The molecule has 0 amide bonds. The van der Waals surface area contributed by atoms with Gasteiger partial charge in [-0.25, -0.2) is 0 Å². The van der Waals surface area contributed by atoms with Crippen molar-refractivity contribution < 1.29 is 5.11 Å². The molecule has 2 spiro atoms. The molecule has 0 saturated heterocycles. The highest BCUT2D eigenvalue weighted by Gasteiger charge is 2.86. The molecule has 0 bridgehead atoms. The fourth-order valence-electron chi connectivity index (χ4n) is 10.2. The monoisotopic (exact) mass is 344 g/mol. The third kappa shape index (κ3) is 1.90. The lowest BCUT2D eigenvalue weighted by Gasteiger charge is -2.46. The van der Waals surface area contributed by atoms with Gasteiger partial charge < -0.3 is 5.11 Å². The van der Waals surface area contributed by atoms with Gasteiger partial charge in [0, 0.05) is 6.61 Å². The Bertz CT molecular complexity index is 528. The summed E-state index contributed by atoms with van der Waals surface area (Å²) < 4.78 is 0. The van der Waals surface area contributed by atoms with Crippen molar-refractivity contribution in [2.75, 3.05) is 6.61 Å². The summed E-state index contributed by atoms with van der Waals surface area (Å²) in [6.45, 7) is 5.59. The Morgan fingerprint density at radius 3 is 2.60 bits per heavy atom. The second-order valence-electron chi connectivity index (χ2n) is 10.9. The molecule has 5 fully saturated rings. The molecule has 25 heavy (non-hydrogen) atoms. The Kier molecular flexibility index (Phi) is 3.91. The molecule has 1 nitrogen and oxygen atoms in total. The lowest BCUT2D eigenvalue weighted by molar-refractivity contribution is 0.0270. The molecule has 5 unspecified atom stereocenters. The van der Waals surface area contributed by atoms with Gasteiger partial charge in [-0.05, 0) is 104 Å². The second kappa shape index (κ2) is 5.73. The van der Waals surface area contributed by atoms with E-state index in [4.69, 9.17) is 0 Å². The van der Waals surface area contributed by atoms with E-state index < -0.39 is 0 Å². The number of hydrogen-bond acceptors (Lipinski definition) is 1. The average Bonchev–Trinajstić information content (AvgIpc) is 2.89. The zero-order valence-corrected chi connectivity index (χ0v) is 16.7. The number of hydrogen-bond donors (Lipinski definition) is 1. The average molecular weight is 345 g/mol. The van der Waals surface area contributed by atoms with Crippen LogP contribution in [-0.4, -0.2) is 11.7 Å². The van der Waals surface area contributed by atoms with E-state index in [2.05, 4.69) is 13.8 Å². The van der Waals surface area contributed by atoms with Crippen molar-refractivity contribution >= 4 is 0 Å². The molecule has 5 aliphatic rings. The molecule has 142 valence electrons. The fourth-order valence-corrected chi connectivity index (χ4v) is 10.2. The molecular weight excluding hydrogens is 304 g/mol. The zero-order chi connectivity index (χ0) is 17.3. The quantitative estimate of drug-likeness (QED) is 0.589. The number of aliphatic hydroxyl groups excluding tert-OH is 1. The number of fused-ring (bicyclic) bond motifs is 1. The van der Waals surface area contributed by atoms with Crippen molar-refractivity contribution in [2.24, 2.45) is 45.8 Å². The summed E-state index contributed by atoms with van der Waals surface area (Å²) in [5, 5.41) is 9.19. The lowest BCUT2D eigenvalue weighted by Crippen LogP contribution is -2.39. The van der Waals surface area contributed by atoms with Crippen molar-refractivity contribution in [3.05, 3.63) is 0 Å². The van der Waals surface area contributed by atoms with E-state index in [1.54, 1.807) is 32.1 Å². The van der Waals surface area contributed by atoms with Gasteiger partial charge in [-0.1, -0.05) is 39.5 Å². The Labute approximate surface area is 155 Å². The Balaban J connectivity index is 1.45. The van der Waals surface area contributed by atoms with Crippen molar-refractivity contribution in [1.29, 1.82) is 0 Å². The van der Waals surface area contributed by atoms with Crippen molar-refractivity contribution in [3.63, 3.8) is 0 Å². The maximum atomic E-state index is 9.19. The standard InChI is InChI=1S/C24H40O/c1-3-17-16-24-20-11-10-18(8-5-7-15-25)22(20,2)14-12-21(24)23(24)13-6-4-9-19(17)23/h17-21,25H,3-16H2,1-2H3/t17-,18?,19?,20+,21+,22?,23?,24?/m0/s1. The molecule has 8 atom stereocenters. The van der Waals surface area contributed by atoms with Crippen molar-refractivity contribution in [2.45, 2.75) is 97.3 Å². The van der Waals surface area contributed by atoms with Crippen molar-refractivity contribution in [1.82, 2.24) is 0 Å². The molecule has 5 saturated carbocycles. The summed E-state index contributed by atoms with van der Waals surface area (Å²) in [6, 6.07) is 0. The van der Waals surface area contributed by atoms with Crippen LogP contribution in [0, 0.1) is 45.8 Å². The summed E-state index contributed by atoms with van der Waals surface area (Å²) in [4.78, 5) is 0. The topological polar surface area (TPSA) is 20.2 Å². The molecule has 0 aromatic carbocycles. The predicted molar refractivity (Wildman–Crippen MR) is 103 cm³/mol. The molecule has 0 aromatic heterocycles. The van der Waals surface area contributed by atoms with Crippen LogP contribution >= 0.6 is 0 Å². The molecule has 1 heteroatoms. The first kappa shape index (κ1) is 17.1. The van der Waals surface area contributed by atoms with Gasteiger partial charge in [0.1, 0.15) is 0 Å². The summed E-state index contributed by atoms with van der Waals surface area (Å²) in [7, 11) is 0. The van der Waals surface area contributed by atoms with Crippen LogP contribution < -0.4 is 0 Å². The van der Waals surface area contributed by atoms with Crippen LogP contribution in [0.5, 0.6) is 0 Å². The Morgan fingerprint density at radius 1 is 0.920 bits per heavy atom. The zero-order valence-electron chi connectivity index (χ0n) is 16.7. The summed E-state index contributed by atoms with van der Waals surface area (Å²) in [5.41, 5.74) is 2.24. The van der Waals surface area contributed by atoms with Gasteiger partial charge in [0.05, 0.1) is 0 Å². The number of rotatable bonds is 5. The highest BCUT2D eigenvalue weighted by atomic mass is 16.2. The smallest absolute Gasteiger partial charge is 0.0431 e. The van der Waals surface area contributed by atoms with Gasteiger partial charge >= 0.3 is 0 Å². The minimum atomic E-state index is 0.391. The van der Waals surface area contributed by atoms with E-state index in [0.29, 0.717) is 12.0 Å². The van der Waals surface area contributed by atoms with Crippen molar-refractivity contribution in [3.8, 4) is 0 Å². The highest BCUT2D eigenvalue weighted by molar-refractivity contribution is 5.34. The van der Waals surface area contributed by atoms with Crippen LogP contribution in [0.2, 0.25) is 0 Å². The van der Waals surface area contributed by atoms with E-state index in [1.807, 2.05) is 0 Å². The predicted octanol–water partition coefficient (Wildman–Crippen LogP) is 6.20. The first-order chi connectivity index (χ1) is 12.1. The molecule has 0 heterocycles. The summed E-state index contributed by atoms with van der Waals surface area (Å²) in [5.74, 6) is 5.30. The van der Waals surface area contributed by atoms with E-state index in [-0.39, 0.29) is 0 Å². The molecule has 5 aliphatic carbocycles. The molecule has 0 radical (unpaired) electrons. The normalized spacial score (nSPS) is 56.0. The number of aliphatic hydroxyl groups is 1. The fraction of sp³-hybridized carbons (Fsp3) is 1.00. The largest absolute Gasteiger partial charge is 0.396 e. The van der Waals surface area contributed by atoms with E-state index in [0.717, 1.165) is 46.8 Å². The van der Waals surface area contributed by atoms with Gasteiger partial charge in [-0.3, -0.25) is 0 Å². The second-order valence-corrected chi connectivity index (χ2v) is 10.9. The van der Waals surface area contributed by atoms with Gasteiger partial charge in [0.2, 0.25) is 0 Å². The third-order valence-corrected chi connectivity index (χ3v) is 10.8. The SMILES string of the molecule is CC[C@H]1CC23[C@@H]4CCC(CCCCO)C4(C)CC[C@@H]2C32CCCCC12. The first-order valence-electron chi connectivity index (χ1n) is 11.8. The minimum absolute atomic E-state index is 0.391. The van der Waals surface area contributed by atoms with Crippen LogP contribution in [-0.2, 0) is 0 Å². The van der Waals surface area contributed by atoms with E-state index in [1.165, 1.54) is 44.9 Å². The molecule has 5 rings (SSSR count). The minimum Gasteiger partial charge on any atom is -0.396 e. The third-order valence-electron chi connectivity index (χ3n) is 10.8. The van der Waals surface area contributed by atoms with Crippen LogP contribution in [0.15, 0.2) is 0 Å². The summed E-state index contributed by atoms with van der Waals surface area (Å²) >= 11 is 0. The van der Waals surface area contributed by atoms with Gasteiger partial charge in [-0.15, -0.1) is 0 Å². The molecule has 0 aliphatic heterocycles. The molecule has 1 N–H and O–H groups in total. The molecule has 0 aromatic rings. The highest BCUT2D eigenvalue weighted by Crippen LogP contribution is 2.92. The van der Waals surface area contributed by atoms with Gasteiger partial charge in [-0.2, -0.15) is 0 Å². The lowest BCUT2D eigenvalue weighted by atomic mass is 9.59. The van der Waals surface area contributed by atoms with Crippen LogP contribution in [0.3, 0.4) is 0 Å². The van der Waals surface area contributed by atoms with Gasteiger partial charge in [0.25, 0.3) is 0 Å². The van der Waals surface area contributed by atoms with Crippen LogP contribution in [0.1, 0.15) is 97.3 Å². The first-order valence-corrected chi connectivity index (χ1v) is 11.8. The summed E-state index contributed by atoms with van der Waals surface area (Å²) in [6.07, 6.45) is 19.1. The van der Waals surface area contributed by atoms with Gasteiger partial charge in [0.15, 0.2) is 0 Å². The number of unbranched alkanes of at least 4 members (excludes halogenated alkanes) is 1. The van der Waals surface area contributed by atoms with Crippen LogP contribution in [0.4, 0.5) is 0 Å². The maximum absolute atomic E-state index is 9.19. The molecular formula is C24H40O. The maximum Gasteiger partial charge on any atom is 0.0431 e. The van der Waals surface area contributed by atoms with E-state index in [9.17, 15) is 5.11 Å².